The Bertz CT molecular complexity index is 3690. The van der Waals surface area contributed by atoms with Crippen molar-refractivity contribution in [2.45, 2.75) is 0 Å². The van der Waals surface area contributed by atoms with Crippen LogP contribution in [0.15, 0.2) is 182 Å². The number of hydrogen-bond donors (Lipinski definition) is 0. The lowest BCUT2D eigenvalue weighted by atomic mass is 9.99. The molecule has 57 heavy (non-hydrogen) atoms. The van der Waals surface area contributed by atoms with Gasteiger partial charge in [0.05, 0.1) is 38.7 Å². The molecule has 264 valence electrons. The number of fused-ring (bicyclic) bond motifs is 11. The molecule has 0 bridgehead atoms. The molecule has 12 aromatic rings. The number of nitrogens with zero attached hydrogens (tertiary/aromatic N) is 4. The maximum absolute atomic E-state index is 6.33. The topological polar surface area (TPSA) is 44.9 Å². The summed E-state index contributed by atoms with van der Waals surface area (Å²) in [6.45, 7) is 0. The van der Waals surface area contributed by atoms with Gasteiger partial charge in [-0.3, -0.25) is 4.57 Å². The van der Waals surface area contributed by atoms with Crippen LogP contribution in [0.5, 0.6) is 11.5 Å². The molecule has 5 nitrogen and oxygen atoms in total. The van der Waals surface area contributed by atoms with Gasteiger partial charge in [-0.2, -0.15) is 0 Å². The summed E-state index contributed by atoms with van der Waals surface area (Å²) < 4.78 is 11.0. The van der Waals surface area contributed by atoms with Crippen molar-refractivity contribution in [3.05, 3.63) is 182 Å². The van der Waals surface area contributed by atoms with Crippen molar-refractivity contribution < 1.29 is 4.74 Å². The maximum Gasteiger partial charge on any atom is 0.235 e. The second-order valence-corrected chi connectivity index (χ2v) is 15.0. The third kappa shape index (κ3) is 4.34. The molecule has 0 spiro atoms. The highest BCUT2D eigenvalue weighted by Gasteiger charge is 2.25. The SMILES string of the molecule is c1ccc2c(c1)Oc1cccc3nc(-n4c5ccc(-c6ccc7c(c6)c6ccccc6n7-c6ccc7ccccc7c6)cc5c5c6ccccc6ccc54)nc-2c13. The molecule has 0 atom stereocenters. The highest BCUT2D eigenvalue weighted by Crippen LogP contribution is 2.46. The van der Waals surface area contributed by atoms with Crippen LogP contribution in [0, 0.1) is 0 Å². The van der Waals surface area contributed by atoms with E-state index < -0.39 is 0 Å². The zero-order valence-electron chi connectivity index (χ0n) is 30.5. The van der Waals surface area contributed by atoms with E-state index in [0.717, 1.165) is 61.3 Å². The van der Waals surface area contributed by atoms with Crippen LogP contribution in [0.2, 0.25) is 0 Å². The summed E-state index contributed by atoms with van der Waals surface area (Å²) in [4.78, 5) is 10.6. The van der Waals surface area contributed by atoms with Crippen molar-refractivity contribution in [2.24, 2.45) is 0 Å². The van der Waals surface area contributed by atoms with Crippen LogP contribution in [0.3, 0.4) is 0 Å². The molecule has 1 aliphatic rings. The number of aromatic nitrogens is 4. The van der Waals surface area contributed by atoms with E-state index in [1.54, 1.807) is 0 Å². The van der Waals surface area contributed by atoms with Gasteiger partial charge in [0.15, 0.2) is 0 Å². The Morgan fingerprint density at radius 3 is 1.95 bits per heavy atom. The van der Waals surface area contributed by atoms with Crippen LogP contribution in [0.1, 0.15) is 0 Å². The standard InChI is InChI=1S/C52H30N4O/c1-2-12-33-28-36(24-20-31(33)10-1)55-43-17-7-5-14-38(43)40-29-34(22-25-44(40)55)35-23-26-45-41(30-35)49-37-13-4-3-11-32(37)21-27-46(49)56(45)52-53-42-16-9-19-48-50(42)51(54-52)39-15-6-8-18-47(39)57-48/h1-30H. The van der Waals surface area contributed by atoms with Gasteiger partial charge in [0.1, 0.15) is 11.5 Å². The molecule has 0 N–H and O–H groups in total. The first-order valence-corrected chi connectivity index (χ1v) is 19.3. The van der Waals surface area contributed by atoms with E-state index in [4.69, 9.17) is 14.7 Å². The molecule has 3 aromatic heterocycles. The minimum absolute atomic E-state index is 0.636. The molecular formula is C52H30N4O. The van der Waals surface area contributed by atoms with Gasteiger partial charge < -0.3 is 9.30 Å². The third-order valence-corrected chi connectivity index (χ3v) is 11.9. The Hall–Kier alpha value is -7.76. The lowest BCUT2D eigenvalue weighted by Crippen LogP contribution is -2.06. The van der Waals surface area contributed by atoms with E-state index in [2.05, 4.69) is 161 Å². The van der Waals surface area contributed by atoms with E-state index in [1.165, 1.54) is 54.3 Å². The first-order chi connectivity index (χ1) is 28.2. The zero-order valence-corrected chi connectivity index (χ0v) is 30.5. The van der Waals surface area contributed by atoms with Crippen LogP contribution in [-0.4, -0.2) is 19.1 Å². The minimum Gasteiger partial charge on any atom is -0.456 e. The largest absolute Gasteiger partial charge is 0.456 e. The Morgan fingerprint density at radius 2 is 1.05 bits per heavy atom. The number of para-hydroxylation sites is 2. The van der Waals surface area contributed by atoms with Crippen molar-refractivity contribution >= 4 is 76.1 Å². The second kappa shape index (κ2) is 11.4. The fourth-order valence-electron chi connectivity index (χ4n) is 9.32. The van der Waals surface area contributed by atoms with Crippen molar-refractivity contribution in [3.63, 3.8) is 0 Å². The number of benzene rings is 9. The van der Waals surface area contributed by atoms with E-state index in [9.17, 15) is 0 Å². The Morgan fingerprint density at radius 1 is 0.386 bits per heavy atom. The van der Waals surface area contributed by atoms with Gasteiger partial charge in [-0.1, -0.05) is 109 Å². The molecule has 0 saturated carbocycles. The van der Waals surface area contributed by atoms with Crippen LogP contribution in [-0.2, 0) is 0 Å². The Balaban J connectivity index is 1.05. The van der Waals surface area contributed by atoms with Crippen LogP contribution >= 0.6 is 0 Å². The minimum atomic E-state index is 0.636. The molecular weight excluding hydrogens is 697 g/mol. The van der Waals surface area contributed by atoms with Gasteiger partial charge in [0.2, 0.25) is 5.95 Å². The van der Waals surface area contributed by atoms with Crippen LogP contribution < -0.4 is 4.74 Å². The first kappa shape index (κ1) is 30.6. The Labute approximate surface area is 326 Å². The first-order valence-electron chi connectivity index (χ1n) is 19.3. The highest BCUT2D eigenvalue weighted by molar-refractivity contribution is 6.22. The molecule has 0 aliphatic carbocycles. The monoisotopic (exact) mass is 726 g/mol. The molecule has 0 fully saturated rings. The fourth-order valence-corrected chi connectivity index (χ4v) is 9.32. The Kier molecular flexibility index (Phi) is 6.10. The summed E-state index contributed by atoms with van der Waals surface area (Å²) in [6, 6.07) is 65.1. The highest BCUT2D eigenvalue weighted by atomic mass is 16.5. The quantitative estimate of drug-likeness (QED) is 0.182. The molecule has 5 heteroatoms. The molecule has 0 amide bonds. The summed E-state index contributed by atoms with van der Waals surface area (Å²) in [5.74, 6) is 2.22. The van der Waals surface area contributed by atoms with Gasteiger partial charge in [-0.05, 0) is 105 Å². The number of ether oxygens (including phenoxy) is 1. The average molecular weight is 727 g/mol. The van der Waals surface area contributed by atoms with E-state index in [0.29, 0.717) is 5.95 Å². The summed E-state index contributed by atoms with van der Waals surface area (Å²) in [7, 11) is 0. The van der Waals surface area contributed by atoms with Gasteiger partial charge in [0, 0.05) is 32.8 Å². The van der Waals surface area contributed by atoms with Gasteiger partial charge in [-0.15, -0.1) is 0 Å². The molecule has 1 aliphatic heterocycles. The number of rotatable bonds is 3. The van der Waals surface area contributed by atoms with Crippen molar-refractivity contribution in [3.8, 4) is 45.5 Å². The molecule has 0 saturated heterocycles. The van der Waals surface area contributed by atoms with Crippen molar-refractivity contribution in [1.29, 1.82) is 0 Å². The normalized spacial score (nSPS) is 12.4. The molecule has 0 radical (unpaired) electrons. The van der Waals surface area contributed by atoms with E-state index in [-0.39, 0.29) is 0 Å². The number of hydrogen-bond acceptors (Lipinski definition) is 3. The third-order valence-electron chi connectivity index (χ3n) is 11.9. The van der Waals surface area contributed by atoms with E-state index >= 15 is 0 Å². The van der Waals surface area contributed by atoms with Crippen LogP contribution in [0.4, 0.5) is 0 Å². The molecule has 0 unspecified atom stereocenters. The lowest BCUT2D eigenvalue weighted by Gasteiger charge is -2.21. The van der Waals surface area contributed by atoms with Crippen LogP contribution in [0.25, 0.3) is 110 Å². The summed E-state index contributed by atoms with van der Waals surface area (Å²) in [5.41, 5.74) is 10.7. The summed E-state index contributed by atoms with van der Waals surface area (Å²) in [6.07, 6.45) is 0. The summed E-state index contributed by atoms with van der Waals surface area (Å²) in [5, 5.41) is 10.6. The van der Waals surface area contributed by atoms with Gasteiger partial charge in [0.25, 0.3) is 0 Å². The summed E-state index contributed by atoms with van der Waals surface area (Å²) >= 11 is 0. The predicted octanol–water partition coefficient (Wildman–Crippen LogP) is 13.6. The van der Waals surface area contributed by atoms with Gasteiger partial charge >= 0.3 is 0 Å². The van der Waals surface area contributed by atoms with Crippen molar-refractivity contribution in [1.82, 2.24) is 19.1 Å². The second-order valence-electron chi connectivity index (χ2n) is 15.0. The lowest BCUT2D eigenvalue weighted by molar-refractivity contribution is 0.486. The smallest absolute Gasteiger partial charge is 0.235 e. The van der Waals surface area contributed by atoms with Crippen molar-refractivity contribution in [2.75, 3.05) is 0 Å². The fraction of sp³-hybridized carbons (Fsp3) is 0. The predicted molar refractivity (Wildman–Crippen MR) is 234 cm³/mol. The zero-order chi connectivity index (χ0) is 37.2. The molecule has 9 aromatic carbocycles. The maximum atomic E-state index is 6.33. The molecule has 4 heterocycles. The molecule has 13 rings (SSSR count). The van der Waals surface area contributed by atoms with E-state index in [1.807, 2.05) is 30.3 Å². The van der Waals surface area contributed by atoms with Gasteiger partial charge in [-0.25, -0.2) is 9.97 Å². The average Bonchev–Trinajstić information content (AvgIpc) is 3.79.